The molecule has 2 aliphatic heterocycles. The normalized spacial score (nSPS) is 36.5. The number of aliphatic hydroxyl groups is 3. The molecule has 0 aliphatic carbocycles. The Morgan fingerprint density at radius 3 is 3.00 bits per heavy atom. The molecule has 2 aliphatic rings. The smallest absolute Gasteiger partial charge is 0.173 e. The van der Waals surface area contributed by atoms with Crippen LogP contribution in [-0.2, 0) is 4.74 Å². The largest absolute Gasteiger partial charge is 0.394 e. The first kappa shape index (κ1) is 13.4. The lowest BCUT2D eigenvalue weighted by Crippen LogP contribution is -2.30. The summed E-state index contributed by atoms with van der Waals surface area (Å²) < 4.78 is 20.7. The van der Waals surface area contributed by atoms with E-state index in [2.05, 4.69) is 15.3 Å². The third kappa shape index (κ3) is 1.99. The van der Waals surface area contributed by atoms with Gasteiger partial charge in [-0.05, 0) is 0 Å². The molecule has 1 fully saturated rings. The summed E-state index contributed by atoms with van der Waals surface area (Å²) >= 11 is 0. The number of imidazole rings is 1. The molecular formula is C11H15FN4O4. The molecule has 20 heavy (non-hydrogen) atoms. The van der Waals surface area contributed by atoms with Gasteiger partial charge in [0.1, 0.15) is 29.8 Å². The van der Waals surface area contributed by atoms with Gasteiger partial charge in [0.05, 0.1) is 25.8 Å². The van der Waals surface area contributed by atoms with Crippen LogP contribution in [0.25, 0.3) is 0 Å². The number of alkyl halides is 1. The van der Waals surface area contributed by atoms with Crippen LogP contribution in [0.3, 0.4) is 0 Å². The molecule has 0 saturated carbocycles. The molecule has 0 radical (unpaired) electrons. The standard InChI is InChI=1S/C11H15FN4O4/c12-7-9(19)6(2-17)20-11(7)16-4-15-8-5(18)1-13-3-14-10(8)16/h3-7,9,11,17-19H,1-2H2,(H,13,14)/t5-,6+,7+,9+,11+/m0/s1. The van der Waals surface area contributed by atoms with Gasteiger partial charge in [-0.25, -0.2) is 9.37 Å². The Morgan fingerprint density at radius 2 is 2.30 bits per heavy atom. The predicted molar refractivity (Wildman–Crippen MR) is 66.1 cm³/mol. The fraction of sp³-hybridized carbons (Fsp3) is 0.636. The topological polar surface area (TPSA) is 112 Å². The van der Waals surface area contributed by atoms with Crippen molar-refractivity contribution in [3.8, 4) is 0 Å². The van der Waals surface area contributed by atoms with E-state index < -0.39 is 37.3 Å². The minimum atomic E-state index is -1.70. The van der Waals surface area contributed by atoms with Gasteiger partial charge in [-0.15, -0.1) is 0 Å². The SMILES string of the molecule is OC[C@H]1O[C@@H](n2cnc3c2NC=NC[C@@H]3O)[C@H](F)[C@@H]1O. The average molecular weight is 286 g/mol. The maximum absolute atomic E-state index is 14.1. The summed E-state index contributed by atoms with van der Waals surface area (Å²) in [6, 6.07) is 0. The van der Waals surface area contributed by atoms with Crippen LogP contribution >= 0.6 is 0 Å². The number of rotatable bonds is 2. The molecule has 110 valence electrons. The van der Waals surface area contributed by atoms with E-state index in [-0.39, 0.29) is 6.54 Å². The first-order valence-corrected chi connectivity index (χ1v) is 6.21. The maximum atomic E-state index is 14.1. The number of aliphatic hydroxyl groups excluding tert-OH is 3. The van der Waals surface area contributed by atoms with E-state index in [0.29, 0.717) is 11.5 Å². The molecule has 5 atom stereocenters. The van der Waals surface area contributed by atoms with Crippen LogP contribution in [0.1, 0.15) is 18.0 Å². The van der Waals surface area contributed by atoms with Crippen molar-refractivity contribution in [3.63, 3.8) is 0 Å². The van der Waals surface area contributed by atoms with Crippen molar-refractivity contribution in [3.05, 3.63) is 12.0 Å². The van der Waals surface area contributed by atoms with E-state index in [1.165, 1.54) is 17.2 Å². The molecule has 0 spiro atoms. The number of fused-ring (bicyclic) bond motifs is 1. The molecule has 4 N–H and O–H groups in total. The summed E-state index contributed by atoms with van der Waals surface area (Å²) in [5.74, 6) is 0.359. The highest BCUT2D eigenvalue weighted by molar-refractivity contribution is 5.76. The zero-order chi connectivity index (χ0) is 14.3. The molecule has 1 aromatic rings. The second kappa shape index (κ2) is 5.09. The van der Waals surface area contributed by atoms with Crippen LogP contribution in [0.2, 0.25) is 0 Å². The van der Waals surface area contributed by atoms with Crippen molar-refractivity contribution >= 4 is 12.2 Å². The molecule has 1 saturated heterocycles. The highest BCUT2D eigenvalue weighted by atomic mass is 19.1. The molecule has 8 nitrogen and oxygen atoms in total. The molecule has 3 heterocycles. The Balaban J connectivity index is 1.94. The van der Waals surface area contributed by atoms with E-state index in [0.717, 1.165) is 0 Å². The van der Waals surface area contributed by atoms with Crippen LogP contribution < -0.4 is 5.32 Å². The molecular weight excluding hydrogens is 271 g/mol. The third-order valence-corrected chi connectivity index (χ3v) is 3.46. The van der Waals surface area contributed by atoms with Gasteiger partial charge in [0, 0.05) is 0 Å². The summed E-state index contributed by atoms with van der Waals surface area (Å²) in [6.07, 6.45) is -3.41. The molecule has 9 heteroatoms. The van der Waals surface area contributed by atoms with Gasteiger partial charge in [0.25, 0.3) is 0 Å². The fourth-order valence-electron chi connectivity index (χ4n) is 2.39. The van der Waals surface area contributed by atoms with Crippen molar-refractivity contribution in [1.29, 1.82) is 0 Å². The van der Waals surface area contributed by atoms with Crippen molar-refractivity contribution in [2.75, 3.05) is 18.5 Å². The summed E-state index contributed by atoms with van der Waals surface area (Å²) in [7, 11) is 0. The van der Waals surface area contributed by atoms with Crippen LogP contribution in [0, 0.1) is 0 Å². The maximum Gasteiger partial charge on any atom is 0.173 e. The fourth-order valence-corrected chi connectivity index (χ4v) is 2.39. The van der Waals surface area contributed by atoms with Gasteiger partial charge in [-0.1, -0.05) is 0 Å². The number of aliphatic imine (C=N–C) groups is 1. The lowest BCUT2D eigenvalue weighted by molar-refractivity contribution is -0.0465. The van der Waals surface area contributed by atoms with Gasteiger partial charge in [0.15, 0.2) is 12.4 Å². The van der Waals surface area contributed by atoms with Crippen molar-refractivity contribution < 1.29 is 24.4 Å². The van der Waals surface area contributed by atoms with Crippen molar-refractivity contribution in [2.24, 2.45) is 4.99 Å². The Labute approximate surface area is 113 Å². The minimum absolute atomic E-state index is 0.156. The highest BCUT2D eigenvalue weighted by Gasteiger charge is 2.45. The number of anilines is 1. The van der Waals surface area contributed by atoms with E-state index in [4.69, 9.17) is 9.84 Å². The second-order valence-electron chi connectivity index (χ2n) is 4.72. The summed E-state index contributed by atoms with van der Waals surface area (Å²) in [5.41, 5.74) is 0.334. The van der Waals surface area contributed by atoms with Crippen molar-refractivity contribution in [2.45, 2.75) is 30.7 Å². The third-order valence-electron chi connectivity index (χ3n) is 3.46. The first-order chi connectivity index (χ1) is 9.63. The number of nitrogens with one attached hydrogen (secondary N) is 1. The van der Waals surface area contributed by atoms with Crippen LogP contribution in [0.5, 0.6) is 0 Å². The van der Waals surface area contributed by atoms with Crippen LogP contribution in [0.15, 0.2) is 11.3 Å². The minimum Gasteiger partial charge on any atom is -0.394 e. The average Bonchev–Trinajstić information content (AvgIpc) is 2.92. The number of halogens is 1. The molecule has 0 aromatic carbocycles. The van der Waals surface area contributed by atoms with Gasteiger partial charge >= 0.3 is 0 Å². The molecule has 0 bridgehead atoms. The first-order valence-electron chi connectivity index (χ1n) is 6.21. The van der Waals surface area contributed by atoms with E-state index in [9.17, 15) is 14.6 Å². The second-order valence-corrected chi connectivity index (χ2v) is 4.72. The number of hydrogen-bond acceptors (Lipinski definition) is 7. The number of aromatic nitrogens is 2. The van der Waals surface area contributed by atoms with E-state index in [1.807, 2.05) is 0 Å². The number of ether oxygens (including phenoxy) is 1. The summed E-state index contributed by atoms with van der Waals surface area (Å²) in [4.78, 5) is 7.94. The van der Waals surface area contributed by atoms with Gasteiger partial charge in [-0.3, -0.25) is 9.56 Å². The molecule has 1 aromatic heterocycles. The molecule has 0 amide bonds. The van der Waals surface area contributed by atoms with E-state index >= 15 is 0 Å². The molecule has 3 rings (SSSR count). The summed E-state index contributed by atoms with van der Waals surface area (Å²) in [5, 5.41) is 31.4. The highest BCUT2D eigenvalue weighted by Crippen LogP contribution is 2.36. The Bertz CT molecular complexity index is 523. The lowest BCUT2D eigenvalue weighted by atomic mass is 10.1. The number of nitrogens with zero attached hydrogens (tertiary/aromatic N) is 3. The van der Waals surface area contributed by atoms with Gasteiger partial charge in [-0.2, -0.15) is 0 Å². The summed E-state index contributed by atoms with van der Waals surface area (Å²) in [6.45, 7) is -0.323. The van der Waals surface area contributed by atoms with Crippen LogP contribution in [-0.4, -0.2) is 62.7 Å². The van der Waals surface area contributed by atoms with Gasteiger partial charge < -0.3 is 25.4 Å². The molecule has 0 unspecified atom stereocenters. The zero-order valence-corrected chi connectivity index (χ0v) is 10.4. The zero-order valence-electron chi connectivity index (χ0n) is 10.4. The Morgan fingerprint density at radius 1 is 1.50 bits per heavy atom. The van der Waals surface area contributed by atoms with E-state index in [1.54, 1.807) is 0 Å². The Hall–Kier alpha value is -1.55. The van der Waals surface area contributed by atoms with Crippen LogP contribution in [0.4, 0.5) is 10.2 Å². The quantitative estimate of drug-likeness (QED) is 0.552. The number of hydrogen-bond donors (Lipinski definition) is 4. The Kier molecular flexibility index (Phi) is 3.42. The van der Waals surface area contributed by atoms with Gasteiger partial charge in [0.2, 0.25) is 0 Å². The predicted octanol–water partition coefficient (Wildman–Crippen LogP) is -1.04. The monoisotopic (exact) mass is 286 g/mol. The van der Waals surface area contributed by atoms with Crippen molar-refractivity contribution in [1.82, 2.24) is 9.55 Å². The lowest BCUT2D eigenvalue weighted by Gasteiger charge is -2.17.